The molecule has 0 aliphatic carbocycles. The van der Waals surface area contributed by atoms with E-state index in [0.717, 1.165) is 12.8 Å². The lowest BCUT2D eigenvalue weighted by Crippen LogP contribution is -2.30. The van der Waals surface area contributed by atoms with Crippen LogP contribution < -0.4 is 5.48 Å². The molecule has 0 spiro atoms. The average molecular weight is 346 g/mol. The molecule has 25 heavy (non-hydrogen) atoms. The first kappa shape index (κ1) is 18.7. The van der Waals surface area contributed by atoms with Gasteiger partial charge in [0, 0.05) is 24.1 Å². The van der Waals surface area contributed by atoms with Gasteiger partial charge in [0.15, 0.2) is 0 Å². The molecule has 0 unspecified atom stereocenters. The topological polar surface area (TPSA) is 107 Å². The standard InChI is InChI=1S/C18H22N2O5/c21-15-8-5-4-7-13(15)11-14-12-17(23)20(18(14)24)10-6-2-1-3-9-16(22)19-25/h4-5,7-8,11,21,25H,1-3,6,9-10,12H2,(H,19,22)/b14-11+. The molecule has 0 aromatic heterocycles. The summed E-state index contributed by atoms with van der Waals surface area (Å²) in [5.74, 6) is -0.885. The molecule has 1 saturated heterocycles. The van der Waals surface area contributed by atoms with Gasteiger partial charge >= 0.3 is 0 Å². The Hall–Kier alpha value is -2.67. The first-order valence-electron chi connectivity index (χ1n) is 8.29. The van der Waals surface area contributed by atoms with E-state index in [1.807, 2.05) is 0 Å². The van der Waals surface area contributed by atoms with Gasteiger partial charge in [-0.2, -0.15) is 0 Å². The molecule has 1 heterocycles. The summed E-state index contributed by atoms with van der Waals surface area (Å²) in [5, 5.41) is 18.2. The van der Waals surface area contributed by atoms with Gasteiger partial charge in [0.1, 0.15) is 5.75 Å². The van der Waals surface area contributed by atoms with Crippen LogP contribution in [0, 0.1) is 0 Å². The van der Waals surface area contributed by atoms with Crippen LogP contribution in [0.1, 0.15) is 44.1 Å². The number of imide groups is 1. The number of benzene rings is 1. The van der Waals surface area contributed by atoms with E-state index in [1.165, 1.54) is 11.0 Å². The molecule has 0 radical (unpaired) electrons. The number of likely N-dealkylation sites (tertiary alicyclic amines) is 1. The zero-order chi connectivity index (χ0) is 18.2. The first-order valence-corrected chi connectivity index (χ1v) is 8.29. The molecule has 3 N–H and O–H groups in total. The summed E-state index contributed by atoms with van der Waals surface area (Å²) in [7, 11) is 0. The SMILES string of the molecule is O=C(CCCCCCN1C(=O)C/C(=C\c2ccccc2O)C1=O)NO. The third-order valence-corrected chi connectivity index (χ3v) is 4.09. The van der Waals surface area contributed by atoms with Crippen LogP contribution in [-0.4, -0.2) is 39.5 Å². The number of hydrogen-bond acceptors (Lipinski definition) is 5. The highest BCUT2D eigenvalue weighted by atomic mass is 16.5. The van der Waals surface area contributed by atoms with Gasteiger partial charge < -0.3 is 5.11 Å². The third kappa shape index (κ3) is 5.15. The molecule has 7 nitrogen and oxygen atoms in total. The highest BCUT2D eigenvalue weighted by Gasteiger charge is 2.33. The minimum Gasteiger partial charge on any atom is -0.507 e. The van der Waals surface area contributed by atoms with Gasteiger partial charge in [0.2, 0.25) is 11.8 Å². The number of phenols is 1. The number of amides is 3. The monoisotopic (exact) mass is 346 g/mol. The lowest BCUT2D eigenvalue weighted by atomic mass is 10.1. The summed E-state index contributed by atoms with van der Waals surface area (Å²) in [6.45, 7) is 0.349. The van der Waals surface area contributed by atoms with Gasteiger partial charge in [-0.05, 0) is 25.0 Å². The normalized spacial score (nSPS) is 15.9. The molecule has 1 aromatic carbocycles. The number of unbranched alkanes of at least 4 members (excludes halogenated alkanes) is 3. The summed E-state index contributed by atoms with van der Waals surface area (Å²) < 4.78 is 0. The van der Waals surface area contributed by atoms with Crippen molar-refractivity contribution >= 4 is 23.8 Å². The lowest BCUT2D eigenvalue weighted by molar-refractivity contribution is -0.137. The highest BCUT2D eigenvalue weighted by Crippen LogP contribution is 2.25. The number of hydrogen-bond donors (Lipinski definition) is 3. The Kier molecular flexibility index (Phi) is 6.71. The van der Waals surface area contributed by atoms with Gasteiger partial charge in [-0.3, -0.25) is 24.5 Å². The molecule has 3 amide bonds. The quantitative estimate of drug-likeness (QED) is 0.219. The fourth-order valence-electron chi connectivity index (χ4n) is 2.72. The second-order valence-corrected chi connectivity index (χ2v) is 5.95. The minimum absolute atomic E-state index is 0.0455. The van der Waals surface area contributed by atoms with E-state index in [1.54, 1.807) is 29.8 Å². The highest BCUT2D eigenvalue weighted by molar-refractivity contribution is 6.15. The maximum atomic E-state index is 12.4. The van der Waals surface area contributed by atoms with Crippen molar-refractivity contribution in [3.63, 3.8) is 0 Å². The molecular weight excluding hydrogens is 324 g/mol. The predicted octanol–water partition coefficient (Wildman–Crippen LogP) is 1.99. The Morgan fingerprint density at radius 2 is 1.88 bits per heavy atom. The number of aromatic hydroxyl groups is 1. The molecule has 2 rings (SSSR count). The van der Waals surface area contributed by atoms with Crippen LogP contribution in [0.3, 0.4) is 0 Å². The zero-order valence-electron chi connectivity index (χ0n) is 13.9. The van der Waals surface area contributed by atoms with Crippen molar-refractivity contribution in [3.8, 4) is 5.75 Å². The molecular formula is C18H22N2O5. The molecule has 134 valence electrons. The van der Waals surface area contributed by atoms with Crippen molar-refractivity contribution < 1.29 is 24.7 Å². The largest absolute Gasteiger partial charge is 0.507 e. The maximum Gasteiger partial charge on any atom is 0.256 e. The number of hydroxylamine groups is 1. The molecule has 0 bridgehead atoms. The van der Waals surface area contributed by atoms with Gasteiger partial charge in [-0.25, -0.2) is 5.48 Å². The summed E-state index contributed by atoms with van der Waals surface area (Å²) in [4.78, 5) is 36.5. The Morgan fingerprint density at radius 1 is 1.16 bits per heavy atom. The van der Waals surface area contributed by atoms with Crippen LogP contribution >= 0.6 is 0 Å². The first-order chi connectivity index (χ1) is 12.0. The fraction of sp³-hybridized carbons (Fsp3) is 0.389. The van der Waals surface area contributed by atoms with Crippen LogP contribution in [0.15, 0.2) is 29.8 Å². The molecule has 1 aromatic rings. The summed E-state index contributed by atoms with van der Waals surface area (Å²) in [6, 6.07) is 6.66. The van der Waals surface area contributed by atoms with Gasteiger partial charge in [0.25, 0.3) is 5.91 Å². The van der Waals surface area contributed by atoms with E-state index < -0.39 is 5.91 Å². The Bertz CT molecular complexity index is 684. The fourth-order valence-corrected chi connectivity index (χ4v) is 2.72. The summed E-state index contributed by atoms with van der Waals surface area (Å²) >= 11 is 0. The van der Waals surface area contributed by atoms with Crippen LogP contribution in [0.5, 0.6) is 5.75 Å². The predicted molar refractivity (Wildman–Crippen MR) is 90.4 cm³/mol. The number of carbonyl (C=O) groups excluding carboxylic acids is 3. The summed E-state index contributed by atoms with van der Waals surface area (Å²) in [5.41, 5.74) is 2.48. The van der Waals surface area contributed by atoms with Crippen LogP contribution in [0.4, 0.5) is 0 Å². The van der Waals surface area contributed by atoms with Crippen LogP contribution in [0.2, 0.25) is 0 Å². The number of phenolic OH excluding ortho intramolecular Hbond substituents is 1. The number of rotatable bonds is 8. The van der Waals surface area contributed by atoms with Crippen molar-refractivity contribution in [2.24, 2.45) is 0 Å². The van der Waals surface area contributed by atoms with Gasteiger partial charge in [0.05, 0.1) is 6.42 Å². The number of nitrogens with one attached hydrogen (secondary N) is 1. The van der Waals surface area contributed by atoms with Crippen LogP contribution in [0.25, 0.3) is 6.08 Å². The lowest BCUT2D eigenvalue weighted by Gasteiger charge is -2.13. The van der Waals surface area contributed by atoms with Crippen molar-refractivity contribution in [1.82, 2.24) is 10.4 Å². The minimum atomic E-state index is -0.413. The average Bonchev–Trinajstić information content (AvgIpc) is 2.86. The zero-order valence-corrected chi connectivity index (χ0v) is 13.9. The number of nitrogens with zero attached hydrogens (tertiary/aromatic N) is 1. The van der Waals surface area contributed by atoms with Crippen molar-refractivity contribution in [2.75, 3.05) is 6.54 Å². The van der Waals surface area contributed by atoms with E-state index in [9.17, 15) is 19.5 Å². The van der Waals surface area contributed by atoms with Gasteiger partial charge in [-0.1, -0.05) is 31.0 Å². The Balaban J connectivity index is 1.83. The maximum absolute atomic E-state index is 12.4. The third-order valence-electron chi connectivity index (χ3n) is 4.09. The van der Waals surface area contributed by atoms with E-state index >= 15 is 0 Å². The molecule has 0 saturated carbocycles. The molecule has 7 heteroatoms. The molecule has 1 aliphatic rings. The van der Waals surface area contributed by atoms with Crippen molar-refractivity contribution in [2.45, 2.75) is 38.5 Å². The Morgan fingerprint density at radius 3 is 2.60 bits per heavy atom. The molecule has 1 aliphatic heterocycles. The number of para-hydroxylation sites is 1. The second kappa shape index (κ2) is 8.98. The van der Waals surface area contributed by atoms with Gasteiger partial charge in [-0.15, -0.1) is 0 Å². The van der Waals surface area contributed by atoms with Crippen molar-refractivity contribution in [3.05, 3.63) is 35.4 Å². The molecule has 1 fully saturated rings. The molecule has 0 atom stereocenters. The smallest absolute Gasteiger partial charge is 0.256 e. The Labute approximate surface area is 145 Å². The number of carbonyl (C=O) groups is 3. The van der Waals surface area contributed by atoms with E-state index in [2.05, 4.69) is 0 Å². The van der Waals surface area contributed by atoms with E-state index in [0.29, 0.717) is 30.5 Å². The van der Waals surface area contributed by atoms with Crippen LogP contribution in [-0.2, 0) is 14.4 Å². The van der Waals surface area contributed by atoms with E-state index in [4.69, 9.17) is 5.21 Å². The van der Waals surface area contributed by atoms with Crippen molar-refractivity contribution in [1.29, 1.82) is 0 Å². The second-order valence-electron chi connectivity index (χ2n) is 5.95. The van der Waals surface area contributed by atoms with E-state index in [-0.39, 0.29) is 30.4 Å². The summed E-state index contributed by atoms with van der Waals surface area (Å²) in [6.07, 6.45) is 4.74.